The van der Waals surface area contributed by atoms with Crippen molar-refractivity contribution in [3.63, 3.8) is 0 Å². The fourth-order valence-electron chi connectivity index (χ4n) is 5.55. The number of carbonyl (C=O) groups excluding carboxylic acids is 1. The van der Waals surface area contributed by atoms with E-state index < -0.39 is 0 Å². The maximum absolute atomic E-state index is 13.1. The molecule has 3 heterocycles. The number of ether oxygens (including phenoxy) is 3. The second-order valence-corrected chi connectivity index (χ2v) is 10.3. The second kappa shape index (κ2) is 12.3. The lowest BCUT2D eigenvalue weighted by molar-refractivity contribution is -0.125. The molecular weight excluding hydrogens is 508 g/mol. The number of benzene rings is 2. The largest absolute Gasteiger partial charge is 0.493 e. The van der Waals surface area contributed by atoms with Gasteiger partial charge in [0.2, 0.25) is 17.6 Å². The second-order valence-electron chi connectivity index (χ2n) is 10.3. The Morgan fingerprint density at radius 2 is 1.82 bits per heavy atom. The van der Waals surface area contributed by atoms with E-state index in [2.05, 4.69) is 50.7 Å². The molecule has 1 fully saturated rings. The van der Waals surface area contributed by atoms with Gasteiger partial charge < -0.3 is 34.6 Å². The highest BCUT2D eigenvalue weighted by atomic mass is 16.5. The fourth-order valence-corrected chi connectivity index (χ4v) is 5.55. The average Bonchev–Trinajstić information content (AvgIpc) is 2.99. The summed E-state index contributed by atoms with van der Waals surface area (Å²) in [5, 5.41) is 6.41. The molecule has 1 saturated heterocycles. The summed E-state index contributed by atoms with van der Waals surface area (Å²) in [4.78, 5) is 26.7. The number of fused-ring (bicyclic) bond motifs is 1. The van der Waals surface area contributed by atoms with Crippen LogP contribution in [0.15, 0.2) is 42.6 Å². The number of piperidine rings is 1. The van der Waals surface area contributed by atoms with Gasteiger partial charge in [-0.1, -0.05) is 12.1 Å². The predicted octanol–water partition coefficient (Wildman–Crippen LogP) is 4.16. The topological polar surface area (TPSA) is 101 Å². The first kappa shape index (κ1) is 27.4. The van der Waals surface area contributed by atoms with Gasteiger partial charge in [0.05, 0.1) is 27.2 Å². The van der Waals surface area contributed by atoms with Crippen LogP contribution in [0.5, 0.6) is 17.2 Å². The van der Waals surface area contributed by atoms with Crippen molar-refractivity contribution in [1.82, 2.24) is 15.3 Å². The van der Waals surface area contributed by atoms with E-state index in [1.54, 1.807) is 39.7 Å². The van der Waals surface area contributed by atoms with E-state index in [9.17, 15) is 4.79 Å². The zero-order valence-corrected chi connectivity index (χ0v) is 23.7. The SMILES string of the molecule is COc1cc(Nc2nccc(N3CCCC(C(=O)NCc4ccc5c(c4)CCCN5C)C3)n2)cc(OC)c1OC. The Bertz CT molecular complexity index is 1320. The third-order valence-corrected chi connectivity index (χ3v) is 7.64. The number of methoxy groups -OCH3 is 3. The molecule has 10 heteroatoms. The van der Waals surface area contributed by atoms with E-state index in [0.717, 1.165) is 43.7 Å². The predicted molar refractivity (Wildman–Crippen MR) is 156 cm³/mol. The first-order chi connectivity index (χ1) is 19.5. The molecule has 2 N–H and O–H groups in total. The Morgan fingerprint density at radius 3 is 2.58 bits per heavy atom. The Labute approximate surface area is 235 Å². The van der Waals surface area contributed by atoms with E-state index in [4.69, 9.17) is 19.2 Å². The lowest BCUT2D eigenvalue weighted by Crippen LogP contribution is -2.43. The molecule has 10 nitrogen and oxygen atoms in total. The Morgan fingerprint density at radius 1 is 1.02 bits per heavy atom. The van der Waals surface area contributed by atoms with E-state index in [1.165, 1.54) is 17.7 Å². The van der Waals surface area contributed by atoms with Crippen molar-refractivity contribution < 1.29 is 19.0 Å². The summed E-state index contributed by atoms with van der Waals surface area (Å²) in [7, 11) is 6.86. The van der Waals surface area contributed by atoms with Gasteiger partial charge in [0.1, 0.15) is 5.82 Å². The molecule has 2 aliphatic rings. The smallest absolute Gasteiger partial charge is 0.229 e. The first-order valence-electron chi connectivity index (χ1n) is 13.7. The van der Waals surface area contributed by atoms with Gasteiger partial charge in [-0.25, -0.2) is 4.98 Å². The van der Waals surface area contributed by atoms with Crippen molar-refractivity contribution in [2.45, 2.75) is 32.2 Å². The van der Waals surface area contributed by atoms with Gasteiger partial charge >= 0.3 is 0 Å². The fraction of sp³-hybridized carbons (Fsp3) is 0.433. The maximum Gasteiger partial charge on any atom is 0.229 e. The van der Waals surface area contributed by atoms with Crippen molar-refractivity contribution in [3.8, 4) is 17.2 Å². The summed E-state index contributed by atoms with van der Waals surface area (Å²) in [6.07, 6.45) is 5.76. The average molecular weight is 547 g/mol. The van der Waals surface area contributed by atoms with E-state index in [-0.39, 0.29) is 11.8 Å². The van der Waals surface area contributed by atoms with Crippen LogP contribution in [0.1, 0.15) is 30.4 Å². The highest BCUT2D eigenvalue weighted by molar-refractivity contribution is 5.79. The van der Waals surface area contributed by atoms with Crippen LogP contribution in [-0.4, -0.2) is 63.9 Å². The van der Waals surface area contributed by atoms with Crippen LogP contribution >= 0.6 is 0 Å². The molecular formula is C30H38N6O4. The zero-order valence-electron chi connectivity index (χ0n) is 23.7. The molecule has 212 valence electrons. The monoisotopic (exact) mass is 546 g/mol. The number of anilines is 4. The van der Waals surface area contributed by atoms with Crippen LogP contribution in [0.3, 0.4) is 0 Å². The minimum absolute atomic E-state index is 0.0874. The van der Waals surface area contributed by atoms with Crippen molar-refractivity contribution in [3.05, 3.63) is 53.7 Å². The normalized spacial score (nSPS) is 16.6. The summed E-state index contributed by atoms with van der Waals surface area (Å²) < 4.78 is 16.3. The van der Waals surface area contributed by atoms with E-state index >= 15 is 0 Å². The molecule has 2 aliphatic heterocycles. The number of aryl methyl sites for hydroxylation is 1. The van der Waals surface area contributed by atoms with Crippen LogP contribution in [0.4, 0.5) is 23.1 Å². The van der Waals surface area contributed by atoms with Crippen molar-refractivity contribution in [2.75, 3.05) is 63.1 Å². The van der Waals surface area contributed by atoms with Crippen molar-refractivity contribution >= 4 is 29.0 Å². The van der Waals surface area contributed by atoms with Crippen molar-refractivity contribution in [2.24, 2.45) is 5.92 Å². The highest BCUT2D eigenvalue weighted by Gasteiger charge is 2.27. The third-order valence-electron chi connectivity index (χ3n) is 7.64. The van der Waals surface area contributed by atoms with Crippen LogP contribution in [-0.2, 0) is 17.8 Å². The summed E-state index contributed by atoms with van der Waals surface area (Å²) in [6, 6.07) is 12.0. The first-order valence-corrected chi connectivity index (χ1v) is 13.7. The molecule has 1 atom stereocenters. The van der Waals surface area contributed by atoms with Crippen LogP contribution in [0.2, 0.25) is 0 Å². The lowest BCUT2D eigenvalue weighted by Gasteiger charge is -2.33. The molecule has 3 aromatic rings. The van der Waals surface area contributed by atoms with Gasteiger partial charge in [-0.15, -0.1) is 0 Å². The maximum atomic E-state index is 13.1. The highest BCUT2D eigenvalue weighted by Crippen LogP contribution is 2.40. The summed E-state index contributed by atoms with van der Waals surface area (Å²) in [6.45, 7) is 3.09. The summed E-state index contributed by atoms with van der Waals surface area (Å²) in [5.74, 6) is 2.80. The van der Waals surface area contributed by atoms with Crippen LogP contribution in [0, 0.1) is 5.92 Å². The summed E-state index contributed by atoms with van der Waals surface area (Å²) >= 11 is 0. The molecule has 0 aliphatic carbocycles. The molecule has 0 saturated carbocycles. The Balaban J connectivity index is 1.22. The van der Waals surface area contributed by atoms with Crippen molar-refractivity contribution in [1.29, 1.82) is 0 Å². The molecule has 1 amide bonds. The van der Waals surface area contributed by atoms with Gasteiger partial charge in [-0.3, -0.25) is 4.79 Å². The van der Waals surface area contributed by atoms with E-state index in [0.29, 0.717) is 42.0 Å². The van der Waals surface area contributed by atoms with E-state index in [1.807, 2.05) is 6.07 Å². The molecule has 5 rings (SSSR count). The zero-order chi connectivity index (χ0) is 28.1. The standard InChI is InChI=1S/C30H38N6O4/c1-35-13-5-7-21-15-20(9-10-24(21)35)18-32-29(37)22-8-6-14-36(19-22)27-11-12-31-30(34-27)33-23-16-25(38-2)28(40-4)26(17-23)39-3/h9-12,15-17,22H,5-8,13-14,18-19H2,1-4H3,(H,32,37)(H,31,33,34). The minimum Gasteiger partial charge on any atom is -0.493 e. The van der Waals surface area contributed by atoms with Crippen LogP contribution in [0.25, 0.3) is 0 Å². The number of aromatic nitrogens is 2. The van der Waals surface area contributed by atoms with Gasteiger partial charge in [-0.2, -0.15) is 4.98 Å². The van der Waals surface area contributed by atoms with Gasteiger partial charge in [-0.05, 0) is 48.9 Å². The number of carbonyl (C=O) groups is 1. The Hall–Kier alpha value is -4.21. The number of amides is 1. The Kier molecular flexibility index (Phi) is 8.42. The molecule has 40 heavy (non-hydrogen) atoms. The third kappa shape index (κ3) is 6.00. The van der Waals surface area contributed by atoms with Gasteiger partial charge in [0, 0.05) is 62.9 Å². The minimum atomic E-state index is -0.0982. The molecule has 2 aromatic carbocycles. The van der Waals surface area contributed by atoms with Gasteiger partial charge in [0.25, 0.3) is 0 Å². The summed E-state index contributed by atoms with van der Waals surface area (Å²) in [5.41, 5.74) is 4.52. The number of nitrogens with zero attached hydrogens (tertiary/aromatic N) is 4. The molecule has 1 aromatic heterocycles. The molecule has 0 radical (unpaired) electrons. The number of nitrogens with one attached hydrogen (secondary N) is 2. The number of hydrogen-bond acceptors (Lipinski definition) is 9. The van der Waals surface area contributed by atoms with Crippen LogP contribution < -0.4 is 34.6 Å². The number of rotatable bonds is 9. The molecule has 0 spiro atoms. The quantitative estimate of drug-likeness (QED) is 0.410. The van der Waals surface area contributed by atoms with Gasteiger partial charge in [0.15, 0.2) is 11.5 Å². The number of hydrogen-bond donors (Lipinski definition) is 2. The molecule has 1 unspecified atom stereocenters. The molecule has 0 bridgehead atoms. The lowest BCUT2D eigenvalue weighted by atomic mass is 9.96.